The van der Waals surface area contributed by atoms with Gasteiger partial charge in [-0.15, -0.1) is 0 Å². The number of carbonyl (C=O) groups excluding carboxylic acids is 3. The molecule has 2 fully saturated rings. The number of rotatable bonds is 10. The van der Waals surface area contributed by atoms with Crippen LogP contribution in [0.4, 0.5) is 0 Å². The Balaban J connectivity index is 1.60. The number of sulfonamides is 1. The minimum absolute atomic E-state index is 0.00159. The highest BCUT2D eigenvalue weighted by Crippen LogP contribution is 2.35. The van der Waals surface area contributed by atoms with Crippen molar-refractivity contribution in [3.05, 3.63) is 71.8 Å². The summed E-state index contributed by atoms with van der Waals surface area (Å²) in [6.45, 7) is 1.77. The molecule has 0 saturated carbocycles. The smallest absolute Gasteiger partial charge is 0.246 e. The SMILES string of the molecule is CCC(N)C(=O)NC1C(=O)N2C(CCC1CNS(C)(=O)=O)CCC2C(=O)NC(c1ccccc1)c1ccccc1. The Labute approximate surface area is 236 Å². The largest absolute Gasteiger partial charge is 0.343 e. The molecule has 5 N–H and O–H groups in total. The minimum atomic E-state index is -3.51. The van der Waals surface area contributed by atoms with E-state index in [1.807, 2.05) is 60.7 Å². The van der Waals surface area contributed by atoms with E-state index < -0.39 is 46.0 Å². The molecule has 2 heterocycles. The van der Waals surface area contributed by atoms with Gasteiger partial charge in [0.2, 0.25) is 27.7 Å². The van der Waals surface area contributed by atoms with E-state index in [0.29, 0.717) is 32.1 Å². The number of carbonyl (C=O) groups is 3. The van der Waals surface area contributed by atoms with E-state index in [0.717, 1.165) is 17.4 Å². The number of hydrogen-bond acceptors (Lipinski definition) is 6. The summed E-state index contributed by atoms with van der Waals surface area (Å²) in [4.78, 5) is 42.3. The van der Waals surface area contributed by atoms with E-state index in [1.54, 1.807) is 11.8 Å². The summed E-state index contributed by atoms with van der Waals surface area (Å²) < 4.78 is 26.2. The van der Waals surface area contributed by atoms with Crippen LogP contribution in [0.25, 0.3) is 0 Å². The molecule has 2 aromatic rings. The molecule has 4 rings (SSSR count). The summed E-state index contributed by atoms with van der Waals surface area (Å²) >= 11 is 0. The van der Waals surface area contributed by atoms with Crippen LogP contribution in [0.3, 0.4) is 0 Å². The van der Waals surface area contributed by atoms with Crippen molar-refractivity contribution in [1.82, 2.24) is 20.3 Å². The average molecular weight is 570 g/mol. The van der Waals surface area contributed by atoms with Gasteiger partial charge in [0.05, 0.1) is 18.3 Å². The maximum absolute atomic E-state index is 14.1. The molecule has 3 amide bonds. The zero-order valence-electron chi connectivity index (χ0n) is 23.0. The maximum atomic E-state index is 14.1. The van der Waals surface area contributed by atoms with Gasteiger partial charge in [-0.2, -0.15) is 0 Å². The summed E-state index contributed by atoms with van der Waals surface area (Å²) in [6, 6.07) is 16.2. The Morgan fingerprint density at radius 2 is 1.55 bits per heavy atom. The lowest BCUT2D eigenvalue weighted by atomic mass is 9.93. The van der Waals surface area contributed by atoms with E-state index >= 15 is 0 Å². The molecule has 2 saturated heterocycles. The quantitative estimate of drug-likeness (QED) is 0.340. The highest BCUT2D eigenvalue weighted by atomic mass is 32.2. The van der Waals surface area contributed by atoms with Crippen LogP contribution < -0.4 is 21.1 Å². The number of nitrogens with one attached hydrogen (secondary N) is 3. The van der Waals surface area contributed by atoms with Crippen molar-refractivity contribution < 1.29 is 22.8 Å². The van der Waals surface area contributed by atoms with Crippen LogP contribution in [-0.4, -0.2) is 68.0 Å². The Kier molecular flexibility index (Phi) is 9.60. The van der Waals surface area contributed by atoms with Crippen LogP contribution in [0.2, 0.25) is 0 Å². The Bertz CT molecular complexity index is 1250. The van der Waals surface area contributed by atoms with E-state index in [1.165, 1.54) is 0 Å². The number of nitrogens with zero attached hydrogens (tertiary/aromatic N) is 1. The highest BCUT2D eigenvalue weighted by molar-refractivity contribution is 7.88. The Hall–Kier alpha value is -3.28. The molecular formula is C29H39N5O5S. The van der Waals surface area contributed by atoms with Gasteiger partial charge in [0, 0.05) is 18.5 Å². The highest BCUT2D eigenvalue weighted by Gasteiger charge is 2.48. The Morgan fingerprint density at radius 3 is 2.10 bits per heavy atom. The second-order valence-corrected chi connectivity index (χ2v) is 12.5. The molecule has 5 unspecified atom stereocenters. The van der Waals surface area contributed by atoms with Crippen LogP contribution >= 0.6 is 0 Å². The summed E-state index contributed by atoms with van der Waals surface area (Å²) in [5.41, 5.74) is 7.78. The van der Waals surface area contributed by atoms with Crippen LogP contribution in [0, 0.1) is 5.92 Å². The predicted molar refractivity (Wildman–Crippen MR) is 152 cm³/mol. The number of hydrogen-bond donors (Lipinski definition) is 4. The summed E-state index contributed by atoms with van der Waals surface area (Å²) in [5, 5.41) is 5.96. The Morgan fingerprint density at radius 1 is 0.975 bits per heavy atom. The number of fused-ring (bicyclic) bond motifs is 1. The fraction of sp³-hybridized carbons (Fsp3) is 0.483. The molecule has 2 aromatic carbocycles. The van der Waals surface area contributed by atoms with Gasteiger partial charge >= 0.3 is 0 Å². The van der Waals surface area contributed by atoms with Gasteiger partial charge in [-0.1, -0.05) is 67.6 Å². The molecule has 0 aliphatic carbocycles. The van der Waals surface area contributed by atoms with Crippen LogP contribution in [-0.2, 0) is 24.4 Å². The van der Waals surface area contributed by atoms with Crippen molar-refractivity contribution in [1.29, 1.82) is 0 Å². The fourth-order valence-corrected chi connectivity index (χ4v) is 6.20. The summed E-state index contributed by atoms with van der Waals surface area (Å²) in [6.07, 6.45) is 3.69. The fourth-order valence-electron chi connectivity index (χ4n) is 5.68. The second-order valence-electron chi connectivity index (χ2n) is 10.7. The third-order valence-electron chi connectivity index (χ3n) is 7.90. The lowest BCUT2D eigenvalue weighted by Crippen LogP contribution is -2.59. The van der Waals surface area contributed by atoms with Crippen molar-refractivity contribution in [3.8, 4) is 0 Å². The van der Waals surface area contributed by atoms with Crippen molar-refractivity contribution in [3.63, 3.8) is 0 Å². The van der Waals surface area contributed by atoms with E-state index in [-0.39, 0.29) is 24.4 Å². The normalized spacial score (nSPS) is 23.8. The molecule has 2 aliphatic heterocycles. The molecule has 0 bridgehead atoms. The van der Waals surface area contributed by atoms with Crippen molar-refractivity contribution in [2.45, 2.75) is 69.2 Å². The first-order valence-corrected chi connectivity index (χ1v) is 15.7. The number of nitrogens with two attached hydrogens (primary N) is 1. The van der Waals surface area contributed by atoms with Crippen LogP contribution in [0.15, 0.2) is 60.7 Å². The summed E-state index contributed by atoms with van der Waals surface area (Å²) in [7, 11) is -3.51. The van der Waals surface area contributed by atoms with Crippen molar-refractivity contribution >= 4 is 27.7 Å². The first kappa shape index (κ1) is 29.7. The molecule has 10 nitrogen and oxygen atoms in total. The number of benzene rings is 2. The topological polar surface area (TPSA) is 151 Å². The zero-order chi connectivity index (χ0) is 28.9. The van der Waals surface area contributed by atoms with E-state index in [9.17, 15) is 22.8 Å². The molecule has 0 radical (unpaired) electrons. The van der Waals surface area contributed by atoms with Gasteiger partial charge in [0.15, 0.2) is 0 Å². The zero-order valence-corrected chi connectivity index (χ0v) is 23.8. The molecule has 11 heteroatoms. The first-order chi connectivity index (χ1) is 19.1. The number of amides is 3. The van der Waals surface area contributed by atoms with E-state index in [2.05, 4.69) is 15.4 Å². The molecule has 0 spiro atoms. The molecule has 216 valence electrons. The first-order valence-electron chi connectivity index (χ1n) is 13.8. The minimum Gasteiger partial charge on any atom is -0.343 e. The van der Waals surface area contributed by atoms with Gasteiger partial charge in [-0.3, -0.25) is 14.4 Å². The van der Waals surface area contributed by atoms with Crippen LogP contribution in [0.5, 0.6) is 0 Å². The maximum Gasteiger partial charge on any atom is 0.246 e. The molecule has 2 aliphatic rings. The summed E-state index contributed by atoms with van der Waals surface area (Å²) in [5.74, 6) is -1.60. The van der Waals surface area contributed by atoms with Crippen LogP contribution in [0.1, 0.15) is 56.2 Å². The molecule has 5 atom stereocenters. The standard InChI is InChI=1S/C29H39N5O5S/c1-3-23(30)27(35)33-26-21(18-31-40(2,38)39)14-15-22-16-17-24(34(22)29(26)37)28(36)32-25(19-10-6-4-7-11-19)20-12-8-5-9-13-20/h4-13,21-26,31H,3,14-18,30H2,1-2H3,(H,32,36)(H,33,35). The molecule has 0 aromatic heterocycles. The predicted octanol–water partition coefficient (Wildman–Crippen LogP) is 1.43. The third-order valence-corrected chi connectivity index (χ3v) is 8.59. The van der Waals surface area contributed by atoms with Gasteiger partial charge < -0.3 is 21.3 Å². The average Bonchev–Trinajstić information content (AvgIpc) is 3.33. The monoisotopic (exact) mass is 569 g/mol. The van der Waals surface area contributed by atoms with E-state index in [4.69, 9.17) is 5.73 Å². The van der Waals surface area contributed by atoms with Gasteiger partial charge in [-0.05, 0) is 43.2 Å². The molecule has 40 heavy (non-hydrogen) atoms. The second kappa shape index (κ2) is 12.9. The third kappa shape index (κ3) is 7.07. The molecular weight excluding hydrogens is 530 g/mol. The lowest BCUT2D eigenvalue weighted by Gasteiger charge is -2.33. The lowest BCUT2D eigenvalue weighted by molar-refractivity contribution is -0.143. The van der Waals surface area contributed by atoms with Gasteiger partial charge in [-0.25, -0.2) is 13.1 Å². The van der Waals surface area contributed by atoms with Gasteiger partial charge in [0.25, 0.3) is 0 Å². The van der Waals surface area contributed by atoms with Crippen molar-refractivity contribution in [2.75, 3.05) is 12.8 Å². The van der Waals surface area contributed by atoms with Crippen molar-refractivity contribution in [2.24, 2.45) is 11.7 Å². The van der Waals surface area contributed by atoms with Gasteiger partial charge in [0.1, 0.15) is 12.1 Å².